The summed E-state index contributed by atoms with van der Waals surface area (Å²) >= 11 is 0. The van der Waals surface area contributed by atoms with Gasteiger partial charge in [-0.3, -0.25) is 0 Å². The van der Waals surface area contributed by atoms with Gasteiger partial charge in [0, 0.05) is 0 Å². The maximum atomic E-state index is 2.08. The fourth-order valence-electron chi connectivity index (χ4n) is 1.41. The molecular weight excluding hydrogens is 378 g/mol. The molecule has 0 nitrogen and oxygen atoms in total. The van der Waals surface area contributed by atoms with Crippen LogP contribution >= 0.6 is 0 Å². The Morgan fingerprint density at radius 1 is 0.429 bits per heavy atom. The summed E-state index contributed by atoms with van der Waals surface area (Å²) in [5, 5.41) is 0. The maximum Gasteiger partial charge on any atom is 2.00 e. The number of rotatable bonds is 0. The van der Waals surface area contributed by atoms with Crippen molar-refractivity contribution < 1.29 is 51.0 Å². The van der Waals surface area contributed by atoms with E-state index in [0.717, 1.165) is 0 Å². The second-order valence-corrected chi connectivity index (χ2v) is 4.39. The quantitative estimate of drug-likeness (QED) is 0.432. The van der Waals surface area contributed by atoms with Crippen molar-refractivity contribution in [1.82, 2.24) is 0 Å². The Bertz CT molecular complexity index is 403. The van der Waals surface area contributed by atoms with E-state index in [1.807, 2.05) is 36.4 Å². The Labute approximate surface area is 160 Å². The first-order valence-corrected chi connectivity index (χ1v) is 6.23. The Balaban J connectivity index is -0.000000216. The fraction of sp³-hybridized carbons (Fsp3) is 0.167. The van der Waals surface area contributed by atoms with Crippen LogP contribution in [0.4, 0.5) is 0 Å². The zero-order valence-corrected chi connectivity index (χ0v) is 16.7. The summed E-state index contributed by atoms with van der Waals surface area (Å²) in [5.41, 5.74) is 4.03. The van der Waals surface area contributed by atoms with Crippen molar-refractivity contribution in [2.24, 2.45) is 0 Å². The Hall–Kier alpha value is -0.487. The predicted molar refractivity (Wildman–Crippen MR) is 80.3 cm³/mol. The Morgan fingerprint density at radius 2 is 0.571 bits per heavy atom. The van der Waals surface area contributed by atoms with Gasteiger partial charge in [-0.1, -0.05) is 20.8 Å². The molecule has 0 aliphatic heterocycles. The van der Waals surface area contributed by atoms with Crippen LogP contribution in [0.1, 0.15) is 16.7 Å². The van der Waals surface area contributed by atoms with Gasteiger partial charge in [0.1, 0.15) is 0 Å². The summed E-state index contributed by atoms with van der Waals surface area (Å²) in [7, 11) is 0. The summed E-state index contributed by atoms with van der Waals surface area (Å²) in [6.07, 6.45) is 0. The summed E-state index contributed by atoms with van der Waals surface area (Å²) < 4.78 is 0. The smallest absolute Gasteiger partial charge is 1.00 e. The normalized spacial score (nSPS) is 7.57. The largest absolute Gasteiger partial charge is 2.00 e. The second kappa shape index (κ2) is 15.9. The number of aryl methyl sites for hydroxylation is 3. The molecule has 0 N–H and O–H groups in total. The van der Waals surface area contributed by atoms with Gasteiger partial charge >= 0.3 is 26.2 Å². The second-order valence-electron chi connectivity index (χ2n) is 4.39. The van der Waals surface area contributed by atoms with Crippen LogP contribution in [-0.2, 0) is 26.2 Å². The Morgan fingerprint density at radius 3 is 0.619 bits per heavy atom. The minimum atomic E-state index is 0. The minimum Gasteiger partial charge on any atom is -1.00 e. The van der Waals surface area contributed by atoms with Crippen molar-refractivity contribution in [3.8, 4) is 0 Å². The first kappa shape index (κ1) is 25.5. The molecule has 0 heterocycles. The third-order valence-electron chi connectivity index (χ3n) is 2.49. The van der Waals surface area contributed by atoms with Crippen molar-refractivity contribution in [3.63, 3.8) is 0 Å². The minimum absolute atomic E-state index is 0. The van der Waals surface area contributed by atoms with E-state index in [0.29, 0.717) is 0 Å². The van der Waals surface area contributed by atoms with E-state index in [4.69, 9.17) is 0 Å². The molecule has 0 fully saturated rings. The topological polar surface area (TPSA) is 0 Å². The molecule has 0 amide bonds. The summed E-state index contributed by atoms with van der Waals surface area (Å²) in [4.78, 5) is 0. The molecule has 0 radical (unpaired) electrons. The number of hydrogen-bond donors (Lipinski definition) is 0. The van der Waals surface area contributed by atoms with Crippen molar-refractivity contribution in [3.05, 3.63) is 89.5 Å². The molecule has 3 heteroatoms. The van der Waals surface area contributed by atoms with Crippen LogP contribution in [0.2, 0.25) is 0 Å². The van der Waals surface area contributed by atoms with Crippen LogP contribution < -0.4 is 24.8 Å². The predicted octanol–water partition coefficient (Wildman–Crippen LogP) is -0.853. The SMILES string of the molecule is C[c-]1cccc1.C[c-]1cccc1.C[c-]1cccc1.[Cl-].[Cl-].[Zr+2]. The van der Waals surface area contributed by atoms with Crippen LogP contribution in [0.5, 0.6) is 0 Å². The Kier molecular flexibility index (Phi) is 19.3. The van der Waals surface area contributed by atoms with Crippen molar-refractivity contribution in [2.45, 2.75) is 20.8 Å². The van der Waals surface area contributed by atoms with Gasteiger partial charge in [0.15, 0.2) is 0 Å². The molecule has 0 unspecified atom stereocenters. The van der Waals surface area contributed by atoms with Crippen LogP contribution in [0, 0.1) is 20.8 Å². The van der Waals surface area contributed by atoms with E-state index in [9.17, 15) is 0 Å². The summed E-state index contributed by atoms with van der Waals surface area (Å²) in [5.74, 6) is 0. The molecule has 0 spiro atoms. The molecule has 3 rings (SSSR count). The molecule has 0 aliphatic carbocycles. The van der Waals surface area contributed by atoms with Crippen molar-refractivity contribution in [2.75, 3.05) is 0 Å². The van der Waals surface area contributed by atoms with Crippen LogP contribution in [-0.4, -0.2) is 0 Å². The third-order valence-corrected chi connectivity index (χ3v) is 2.49. The molecular formula is C18H21Cl2Zr-3. The van der Waals surface area contributed by atoms with Gasteiger partial charge in [0.2, 0.25) is 0 Å². The first-order valence-electron chi connectivity index (χ1n) is 6.23. The summed E-state index contributed by atoms with van der Waals surface area (Å²) in [6, 6.07) is 24.7. The van der Waals surface area contributed by atoms with E-state index >= 15 is 0 Å². The molecule has 0 saturated carbocycles. The molecule has 0 bridgehead atoms. The van der Waals surface area contributed by atoms with Gasteiger partial charge < -0.3 is 24.8 Å². The molecule has 3 aromatic rings. The van der Waals surface area contributed by atoms with E-state index in [2.05, 4.69) is 57.2 Å². The van der Waals surface area contributed by atoms with Gasteiger partial charge in [-0.05, 0) is 0 Å². The number of halogens is 2. The molecule has 0 aliphatic rings. The van der Waals surface area contributed by atoms with Crippen LogP contribution in [0.15, 0.2) is 72.8 Å². The molecule has 0 saturated heterocycles. The fourth-order valence-corrected chi connectivity index (χ4v) is 1.41. The molecule has 114 valence electrons. The summed E-state index contributed by atoms with van der Waals surface area (Å²) in [6.45, 7) is 6.25. The van der Waals surface area contributed by atoms with E-state index in [-0.39, 0.29) is 51.0 Å². The average molecular weight is 399 g/mol. The van der Waals surface area contributed by atoms with Gasteiger partial charge in [0.05, 0.1) is 0 Å². The average Bonchev–Trinajstić information content (AvgIpc) is 3.05. The van der Waals surface area contributed by atoms with E-state index in [1.165, 1.54) is 16.7 Å². The maximum absolute atomic E-state index is 2.08. The molecule has 21 heavy (non-hydrogen) atoms. The van der Waals surface area contributed by atoms with Gasteiger partial charge in [-0.2, -0.15) is 53.1 Å². The van der Waals surface area contributed by atoms with Gasteiger partial charge in [-0.15, -0.1) is 0 Å². The monoisotopic (exact) mass is 397 g/mol. The van der Waals surface area contributed by atoms with E-state index < -0.39 is 0 Å². The van der Waals surface area contributed by atoms with Gasteiger partial charge in [0.25, 0.3) is 0 Å². The van der Waals surface area contributed by atoms with Crippen LogP contribution in [0.25, 0.3) is 0 Å². The molecule has 3 aromatic carbocycles. The van der Waals surface area contributed by atoms with Crippen molar-refractivity contribution >= 4 is 0 Å². The molecule has 0 atom stereocenters. The van der Waals surface area contributed by atoms with E-state index in [1.54, 1.807) is 0 Å². The van der Waals surface area contributed by atoms with Crippen molar-refractivity contribution in [1.29, 1.82) is 0 Å². The number of hydrogen-bond acceptors (Lipinski definition) is 0. The zero-order chi connectivity index (χ0) is 13.2. The zero-order valence-electron chi connectivity index (χ0n) is 12.7. The standard InChI is InChI=1S/3C6H7.2ClH.Zr/c3*1-6-4-2-3-5-6;;;/h3*2-5H,1H3;2*1H;/q3*-1;;;+2/p-2. The van der Waals surface area contributed by atoms with Crippen LogP contribution in [0.3, 0.4) is 0 Å². The third kappa shape index (κ3) is 14.2. The first-order chi connectivity index (χ1) is 8.68. The molecule has 0 aromatic heterocycles. The van der Waals surface area contributed by atoms with Gasteiger partial charge in [-0.25, -0.2) is 36.4 Å².